The molecule has 0 radical (unpaired) electrons. The summed E-state index contributed by atoms with van der Waals surface area (Å²) in [5, 5.41) is 30.7. The third-order valence-electron chi connectivity index (χ3n) is 11.2. The number of phosphoric acid groups is 2. The summed E-state index contributed by atoms with van der Waals surface area (Å²) in [6.45, 7) is 4.19. The highest BCUT2D eigenvalue weighted by Crippen LogP contribution is 2.60. The molecular formula is C49H83N3O16P2. The fraction of sp³-hybridized carbons (Fsp3) is 0.714. The van der Waals surface area contributed by atoms with E-state index >= 15 is 0 Å². The van der Waals surface area contributed by atoms with Gasteiger partial charge in [-0.05, 0) is 63.4 Å². The van der Waals surface area contributed by atoms with Gasteiger partial charge in [0.1, 0.15) is 30.7 Å². The van der Waals surface area contributed by atoms with Crippen molar-refractivity contribution in [2.24, 2.45) is 5.92 Å². The number of aliphatic hydroxyl groups is 3. The Morgan fingerprint density at radius 1 is 0.771 bits per heavy atom. The summed E-state index contributed by atoms with van der Waals surface area (Å²) < 4.78 is 56.7. The minimum absolute atomic E-state index is 0.0409. The summed E-state index contributed by atoms with van der Waals surface area (Å²) in [5.41, 5.74) is 4.58. The molecule has 400 valence electrons. The lowest BCUT2D eigenvalue weighted by molar-refractivity contribution is -0.161. The Morgan fingerprint density at radius 3 is 1.93 bits per heavy atom. The van der Waals surface area contributed by atoms with Gasteiger partial charge in [-0.15, -0.1) is 0 Å². The van der Waals surface area contributed by atoms with E-state index in [1.54, 1.807) is 0 Å². The standard InChI is InChI=1S/C49H83N3O16P2/c1-4-29-40(53)31-26-22-18-14-10-6-5-7-11-16-20-24-28-33-45(55)66-41(36-63-44(54)32-27-23-19-15-12-8-9-13-17-21-25-30-39(2)3)37-64-69(59,60)68-70(61,62)65-38-42-46(56)47(57)48(67-42)52-35-34-43(50)51-49(52)58/h5,7,10,14,16,20,22,26,34-35,39-42,46-48,53,56-57H,4,6,8-9,11-13,15,17-19,21,23-25,27-33,36-38H2,1-3H3,(H,59,60)(H,61,62)(H2,50,51,58)/b7-5-,14-10-,20-16-,26-22-/t40?,41-,42-,46-,47-,48-/m1/s1. The van der Waals surface area contributed by atoms with Crippen LogP contribution in [0.15, 0.2) is 65.7 Å². The van der Waals surface area contributed by atoms with Gasteiger partial charge in [0, 0.05) is 19.0 Å². The van der Waals surface area contributed by atoms with Gasteiger partial charge in [0.25, 0.3) is 0 Å². The van der Waals surface area contributed by atoms with Crippen LogP contribution in [-0.2, 0) is 46.3 Å². The van der Waals surface area contributed by atoms with Gasteiger partial charge in [-0.2, -0.15) is 9.29 Å². The second-order valence-electron chi connectivity index (χ2n) is 18.0. The predicted molar refractivity (Wildman–Crippen MR) is 267 cm³/mol. The van der Waals surface area contributed by atoms with Crippen molar-refractivity contribution in [2.45, 2.75) is 199 Å². The SMILES string of the molecule is CCCC(O)C/C=C\C/C=C\C/C=C\C/C=C\CCCC(=O)O[C@H](COC(=O)CCCCCCCCCCCCCC(C)C)COP(=O)(O)OP(=O)(O)OC[C@H]1O[C@@H](n2ccc(N)nc2=O)[C@H](O)[C@@H]1O. The van der Waals surface area contributed by atoms with Gasteiger partial charge in [-0.1, -0.05) is 146 Å². The number of anilines is 1. The molecule has 19 nitrogen and oxygen atoms in total. The number of phosphoric ester groups is 2. The molecule has 0 aliphatic carbocycles. The Morgan fingerprint density at radius 2 is 1.33 bits per heavy atom. The van der Waals surface area contributed by atoms with Crippen LogP contribution >= 0.6 is 15.6 Å². The van der Waals surface area contributed by atoms with Crippen LogP contribution in [-0.4, -0.2) is 96.9 Å². The highest BCUT2D eigenvalue weighted by atomic mass is 31.3. The second kappa shape index (κ2) is 36.6. The number of nitrogens with two attached hydrogens (primary N) is 1. The number of aliphatic hydroxyl groups excluding tert-OH is 3. The van der Waals surface area contributed by atoms with Crippen LogP contribution in [0, 0.1) is 5.92 Å². The largest absolute Gasteiger partial charge is 0.481 e. The molecule has 1 saturated heterocycles. The molecule has 7 N–H and O–H groups in total. The Kier molecular flexibility index (Phi) is 32.8. The summed E-state index contributed by atoms with van der Waals surface area (Å²) in [5.74, 6) is -0.626. The van der Waals surface area contributed by atoms with Crippen LogP contribution in [0.25, 0.3) is 0 Å². The van der Waals surface area contributed by atoms with Gasteiger partial charge in [0.05, 0.1) is 19.3 Å². The molecule has 21 heteroatoms. The highest BCUT2D eigenvalue weighted by Gasteiger charge is 2.46. The van der Waals surface area contributed by atoms with Gasteiger partial charge in [-0.3, -0.25) is 23.2 Å². The van der Waals surface area contributed by atoms with E-state index in [1.165, 1.54) is 51.0 Å². The maximum atomic E-state index is 12.8. The molecule has 8 atom stereocenters. The van der Waals surface area contributed by atoms with Crippen LogP contribution in [0.4, 0.5) is 5.82 Å². The van der Waals surface area contributed by atoms with E-state index in [9.17, 15) is 48.6 Å². The average molecular weight is 1030 g/mol. The van der Waals surface area contributed by atoms with Gasteiger partial charge in [0.2, 0.25) is 0 Å². The van der Waals surface area contributed by atoms with Crippen molar-refractivity contribution in [1.29, 1.82) is 0 Å². The number of esters is 2. The van der Waals surface area contributed by atoms with Crippen molar-refractivity contribution >= 4 is 33.4 Å². The first-order valence-corrected chi connectivity index (χ1v) is 28.1. The molecule has 1 aliphatic rings. The number of nitrogens with zero attached hydrogens (tertiary/aromatic N) is 2. The zero-order chi connectivity index (χ0) is 51.6. The lowest BCUT2D eigenvalue weighted by Crippen LogP contribution is -2.36. The van der Waals surface area contributed by atoms with E-state index in [0.717, 1.165) is 68.0 Å². The molecule has 70 heavy (non-hydrogen) atoms. The van der Waals surface area contributed by atoms with Crippen LogP contribution in [0.2, 0.25) is 0 Å². The summed E-state index contributed by atoms with van der Waals surface area (Å²) in [7, 11) is -10.9. The molecule has 0 spiro atoms. The average Bonchev–Trinajstić information content (AvgIpc) is 3.57. The van der Waals surface area contributed by atoms with E-state index in [4.69, 9.17) is 29.0 Å². The minimum atomic E-state index is -5.44. The van der Waals surface area contributed by atoms with Crippen molar-refractivity contribution in [1.82, 2.24) is 9.55 Å². The molecular weight excluding hydrogens is 948 g/mol. The molecule has 1 aromatic heterocycles. The zero-order valence-corrected chi connectivity index (χ0v) is 43.4. The number of nitrogen functional groups attached to an aromatic ring is 1. The molecule has 2 rings (SSSR count). The van der Waals surface area contributed by atoms with Crippen LogP contribution in [0.3, 0.4) is 0 Å². The lowest BCUT2D eigenvalue weighted by atomic mass is 10.0. The second-order valence-corrected chi connectivity index (χ2v) is 21.0. The molecule has 1 aromatic rings. The maximum Gasteiger partial charge on any atom is 0.481 e. The van der Waals surface area contributed by atoms with Gasteiger partial charge in [0.15, 0.2) is 12.3 Å². The number of aromatic nitrogens is 2. The Labute approximate surface area is 414 Å². The molecule has 2 heterocycles. The summed E-state index contributed by atoms with van der Waals surface area (Å²) in [6.07, 6.45) is 28.5. The van der Waals surface area contributed by atoms with E-state index in [0.29, 0.717) is 32.1 Å². The van der Waals surface area contributed by atoms with Crippen molar-refractivity contribution in [3.63, 3.8) is 0 Å². The van der Waals surface area contributed by atoms with E-state index in [2.05, 4.69) is 41.4 Å². The monoisotopic (exact) mass is 1030 g/mol. The first-order chi connectivity index (χ1) is 33.4. The zero-order valence-electron chi connectivity index (χ0n) is 41.6. The van der Waals surface area contributed by atoms with Gasteiger partial charge >= 0.3 is 33.3 Å². The highest BCUT2D eigenvalue weighted by molar-refractivity contribution is 7.61. The molecule has 1 fully saturated rings. The van der Waals surface area contributed by atoms with Crippen molar-refractivity contribution in [3.05, 3.63) is 71.4 Å². The fourth-order valence-electron chi connectivity index (χ4n) is 7.27. The number of rotatable bonds is 40. The van der Waals surface area contributed by atoms with Crippen molar-refractivity contribution in [2.75, 3.05) is 25.6 Å². The van der Waals surface area contributed by atoms with Crippen molar-refractivity contribution < 1.29 is 71.4 Å². The minimum Gasteiger partial charge on any atom is -0.462 e. The number of carbonyl (C=O) groups excluding carboxylic acids is 2. The first kappa shape index (κ1) is 62.8. The quantitative estimate of drug-likeness (QED) is 0.0155. The van der Waals surface area contributed by atoms with Crippen LogP contribution in [0.1, 0.15) is 168 Å². The number of ether oxygens (including phenoxy) is 3. The van der Waals surface area contributed by atoms with Crippen LogP contribution < -0.4 is 11.4 Å². The summed E-state index contributed by atoms with van der Waals surface area (Å²) in [6, 6.07) is 1.24. The van der Waals surface area contributed by atoms with E-state index < -0.39 is 83.7 Å². The topological polar surface area (TPSA) is 286 Å². The number of hydrogen-bond donors (Lipinski definition) is 6. The maximum absolute atomic E-state index is 12.8. The predicted octanol–water partition coefficient (Wildman–Crippen LogP) is 8.99. The number of hydrogen-bond acceptors (Lipinski definition) is 16. The fourth-order valence-corrected chi connectivity index (χ4v) is 9.38. The molecule has 0 aromatic carbocycles. The first-order valence-electron chi connectivity index (χ1n) is 25.1. The third-order valence-corrected chi connectivity index (χ3v) is 13.8. The molecule has 3 unspecified atom stereocenters. The molecule has 0 saturated carbocycles. The third kappa shape index (κ3) is 29.9. The summed E-state index contributed by atoms with van der Waals surface area (Å²) >= 11 is 0. The van der Waals surface area contributed by atoms with Crippen molar-refractivity contribution in [3.8, 4) is 0 Å². The Hall–Kier alpha value is -3.32. The Bertz CT molecular complexity index is 1890. The normalized spacial score (nSPS) is 20.2. The molecule has 0 amide bonds. The molecule has 1 aliphatic heterocycles. The summed E-state index contributed by atoms with van der Waals surface area (Å²) in [4.78, 5) is 61.8. The number of allylic oxidation sites excluding steroid dienone is 7. The molecule has 0 bridgehead atoms. The number of unbranched alkanes of at least 4 members (excludes halogenated alkanes) is 11. The van der Waals surface area contributed by atoms with Gasteiger partial charge < -0.3 is 45.1 Å². The lowest BCUT2D eigenvalue weighted by Gasteiger charge is -2.21. The number of carbonyl (C=O) groups is 2. The van der Waals surface area contributed by atoms with E-state index in [1.807, 2.05) is 37.3 Å². The van der Waals surface area contributed by atoms with Crippen LogP contribution in [0.5, 0.6) is 0 Å². The Balaban J connectivity index is 1.84. The smallest absolute Gasteiger partial charge is 0.462 e. The van der Waals surface area contributed by atoms with Gasteiger partial charge in [-0.25, -0.2) is 13.9 Å². The van der Waals surface area contributed by atoms with E-state index in [-0.39, 0.29) is 24.8 Å².